The lowest BCUT2D eigenvalue weighted by molar-refractivity contribution is 0.123. The molecule has 0 saturated carbocycles. The molecule has 0 radical (unpaired) electrons. The predicted molar refractivity (Wildman–Crippen MR) is 93.6 cm³/mol. The van der Waals surface area contributed by atoms with Crippen LogP contribution in [0.15, 0.2) is 54.9 Å². The smallest absolute Gasteiger partial charge is 0.0965 e. The molecule has 0 aliphatic carbocycles. The largest absolute Gasteiger partial charge is 0.391 e. The van der Waals surface area contributed by atoms with E-state index in [1.807, 2.05) is 43.7 Å². The molecule has 3 rings (SSSR count). The summed E-state index contributed by atoms with van der Waals surface area (Å²) in [6.07, 6.45) is 2.04. The zero-order valence-electron chi connectivity index (χ0n) is 13.6. The van der Waals surface area contributed by atoms with Gasteiger partial charge in [-0.25, -0.2) is 4.98 Å². The minimum atomic E-state index is -0.484. The molecule has 2 aromatic carbocycles. The van der Waals surface area contributed by atoms with Gasteiger partial charge in [-0.15, -0.1) is 0 Å². The quantitative estimate of drug-likeness (QED) is 0.736. The fourth-order valence-electron chi connectivity index (χ4n) is 3.15. The maximum absolute atomic E-state index is 10.8. The van der Waals surface area contributed by atoms with Gasteiger partial charge >= 0.3 is 0 Å². The predicted octanol–water partition coefficient (Wildman–Crippen LogP) is 2.90. The molecule has 0 spiro atoms. The maximum Gasteiger partial charge on any atom is 0.0965 e. The average molecular weight is 309 g/mol. The van der Waals surface area contributed by atoms with Gasteiger partial charge in [-0.2, -0.15) is 0 Å². The fraction of sp³-hybridized carbons (Fsp3) is 0.316. The number of fused-ring (bicyclic) bond motifs is 1. The second kappa shape index (κ2) is 6.94. The molecular formula is C19H23N3O. The molecule has 0 aliphatic heterocycles. The van der Waals surface area contributed by atoms with Crippen LogP contribution in [-0.2, 0) is 0 Å². The van der Waals surface area contributed by atoms with Gasteiger partial charge in [-0.05, 0) is 44.1 Å². The zero-order valence-corrected chi connectivity index (χ0v) is 13.6. The van der Waals surface area contributed by atoms with Crippen molar-refractivity contribution >= 4 is 11.0 Å². The van der Waals surface area contributed by atoms with Gasteiger partial charge in [0.05, 0.1) is 29.5 Å². The molecule has 120 valence electrons. The number of nitrogens with one attached hydrogen (secondary N) is 1. The molecule has 0 aliphatic rings. The van der Waals surface area contributed by atoms with Crippen molar-refractivity contribution < 1.29 is 5.11 Å². The van der Waals surface area contributed by atoms with Crippen LogP contribution < -0.4 is 5.32 Å². The van der Waals surface area contributed by atoms with Gasteiger partial charge in [-0.3, -0.25) is 0 Å². The normalized spacial score (nSPS) is 14.0. The molecule has 0 bridgehead atoms. The van der Waals surface area contributed by atoms with Gasteiger partial charge in [0.15, 0.2) is 0 Å². The van der Waals surface area contributed by atoms with Crippen LogP contribution in [0, 0.1) is 6.92 Å². The second-order valence-electron chi connectivity index (χ2n) is 5.91. The number of benzene rings is 2. The van der Waals surface area contributed by atoms with Crippen molar-refractivity contribution in [3.05, 3.63) is 66.0 Å². The first-order valence-corrected chi connectivity index (χ1v) is 8.02. The van der Waals surface area contributed by atoms with E-state index in [1.165, 1.54) is 5.56 Å². The topological polar surface area (TPSA) is 50.1 Å². The Bertz CT molecular complexity index is 767. The van der Waals surface area contributed by atoms with E-state index in [0.29, 0.717) is 6.42 Å². The van der Waals surface area contributed by atoms with Gasteiger partial charge in [-0.1, -0.05) is 42.5 Å². The third-order valence-corrected chi connectivity index (χ3v) is 4.29. The highest BCUT2D eigenvalue weighted by atomic mass is 16.3. The molecule has 4 heteroatoms. The molecule has 0 fully saturated rings. The van der Waals surface area contributed by atoms with Crippen molar-refractivity contribution in [2.45, 2.75) is 25.5 Å². The average Bonchev–Trinajstić information content (AvgIpc) is 2.99. The number of hydrogen-bond acceptors (Lipinski definition) is 3. The third kappa shape index (κ3) is 3.14. The van der Waals surface area contributed by atoms with Crippen molar-refractivity contribution in [1.29, 1.82) is 0 Å². The summed E-state index contributed by atoms with van der Waals surface area (Å²) >= 11 is 0. The van der Waals surface area contributed by atoms with Crippen LogP contribution >= 0.6 is 0 Å². The van der Waals surface area contributed by atoms with Gasteiger partial charge in [0, 0.05) is 0 Å². The summed E-state index contributed by atoms with van der Waals surface area (Å²) in [7, 11) is 1.90. The Labute approximate surface area is 136 Å². The van der Waals surface area contributed by atoms with Gasteiger partial charge in [0.2, 0.25) is 0 Å². The summed E-state index contributed by atoms with van der Waals surface area (Å²) < 4.78 is 2.11. The molecule has 4 nitrogen and oxygen atoms in total. The first-order chi connectivity index (χ1) is 11.2. The van der Waals surface area contributed by atoms with Crippen molar-refractivity contribution in [1.82, 2.24) is 14.9 Å². The molecule has 3 aromatic rings. The highest BCUT2D eigenvalue weighted by Gasteiger charge is 2.24. The van der Waals surface area contributed by atoms with Crippen LogP contribution in [0.3, 0.4) is 0 Å². The minimum absolute atomic E-state index is 0.143. The number of rotatable bonds is 6. The molecule has 2 N–H and O–H groups in total. The summed E-state index contributed by atoms with van der Waals surface area (Å²) in [5.41, 5.74) is 4.32. The molecule has 0 saturated heterocycles. The fourth-order valence-corrected chi connectivity index (χ4v) is 3.15. The third-order valence-electron chi connectivity index (χ3n) is 4.29. The lowest BCUT2D eigenvalue weighted by Crippen LogP contribution is -2.28. The van der Waals surface area contributed by atoms with E-state index in [4.69, 9.17) is 0 Å². The Balaban J connectivity index is 2.10. The number of aliphatic hydroxyl groups is 1. The summed E-state index contributed by atoms with van der Waals surface area (Å²) in [4.78, 5) is 4.52. The van der Waals surface area contributed by atoms with Crippen molar-refractivity contribution in [2.75, 3.05) is 13.6 Å². The second-order valence-corrected chi connectivity index (χ2v) is 5.91. The number of aliphatic hydroxyl groups excluding tert-OH is 1. The Morgan fingerprint density at radius 1 is 1.13 bits per heavy atom. The molecule has 0 amide bonds. The Hall–Kier alpha value is -2.17. The Kier molecular flexibility index (Phi) is 4.74. The van der Waals surface area contributed by atoms with Crippen LogP contribution in [0.25, 0.3) is 11.0 Å². The van der Waals surface area contributed by atoms with Crippen LogP contribution in [0.4, 0.5) is 0 Å². The number of aryl methyl sites for hydroxylation is 1. The van der Waals surface area contributed by atoms with E-state index >= 15 is 0 Å². The molecule has 2 atom stereocenters. The molecule has 1 aromatic heterocycles. The van der Waals surface area contributed by atoms with Crippen LogP contribution in [-0.4, -0.2) is 34.4 Å². The lowest BCUT2D eigenvalue weighted by atomic mass is 9.98. The number of para-hydroxylation sites is 1. The number of nitrogens with zero attached hydrogens (tertiary/aromatic N) is 2. The summed E-state index contributed by atoms with van der Waals surface area (Å²) in [6, 6.07) is 16.1. The molecule has 23 heavy (non-hydrogen) atoms. The minimum Gasteiger partial charge on any atom is -0.391 e. The van der Waals surface area contributed by atoms with Crippen LogP contribution in [0.1, 0.15) is 23.6 Å². The lowest BCUT2D eigenvalue weighted by Gasteiger charge is -2.26. The SMILES string of the molecule is CNCC[C@@H](O)[C@@H](c1ccccc1)n1cnc2cccc(C)c21. The molecule has 1 heterocycles. The monoisotopic (exact) mass is 309 g/mol. The summed E-state index contributed by atoms with van der Waals surface area (Å²) in [5.74, 6) is 0. The van der Waals surface area contributed by atoms with Crippen molar-refractivity contribution in [2.24, 2.45) is 0 Å². The van der Waals surface area contributed by atoms with Crippen molar-refractivity contribution in [3.8, 4) is 0 Å². The maximum atomic E-state index is 10.8. The first kappa shape index (κ1) is 15.7. The van der Waals surface area contributed by atoms with E-state index in [1.54, 1.807) is 0 Å². The summed E-state index contributed by atoms with van der Waals surface area (Å²) in [5, 5.41) is 13.9. The molecular weight excluding hydrogens is 286 g/mol. The van der Waals surface area contributed by atoms with E-state index in [2.05, 4.69) is 40.0 Å². The van der Waals surface area contributed by atoms with Gasteiger partial charge < -0.3 is 15.0 Å². The van der Waals surface area contributed by atoms with E-state index in [0.717, 1.165) is 23.1 Å². The Morgan fingerprint density at radius 2 is 1.91 bits per heavy atom. The van der Waals surface area contributed by atoms with Crippen LogP contribution in [0.5, 0.6) is 0 Å². The van der Waals surface area contributed by atoms with E-state index in [9.17, 15) is 5.11 Å². The van der Waals surface area contributed by atoms with Crippen molar-refractivity contribution in [3.63, 3.8) is 0 Å². The summed E-state index contributed by atoms with van der Waals surface area (Å²) in [6.45, 7) is 2.86. The first-order valence-electron chi connectivity index (χ1n) is 8.02. The standard InChI is InChI=1S/C19H23N3O/c1-14-7-6-10-16-18(14)22(13-21-16)19(17(23)11-12-20-2)15-8-4-3-5-9-15/h3-10,13,17,19-20,23H,11-12H2,1-2H3/t17-,19-/m1/s1. The number of aromatic nitrogens is 2. The van der Waals surface area contributed by atoms with E-state index < -0.39 is 6.10 Å². The molecule has 0 unspecified atom stereocenters. The zero-order chi connectivity index (χ0) is 16.2. The highest BCUT2D eigenvalue weighted by molar-refractivity contribution is 5.79. The van der Waals surface area contributed by atoms with E-state index in [-0.39, 0.29) is 6.04 Å². The number of imidazole rings is 1. The Morgan fingerprint density at radius 3 is 2.65 bits per heavy atom. The highest BCUT2D eigenvalue weighted by Crippen LogP contribution is 2.29. The number of hydrogen-bond donors (Lipinski definition) is 2. The van der Waals surface area contributed by atoms with Crippen LogP contribution in [0.2, 0.25) is 0 Å². The van der Waals surface area contributed by atoms with Gasteiger partial charge in [0.1, 0.15) is 0 Å². The van der Waals surface area contributed by atoms with Gasteiger partial charge in [0.25, 0.3) is 0 Å².